The van der Waals surface area contributed by atoms with Crippen molar-refractivity contribution >= 4 is 5.78 Å². The number of ketones is 1. The van der Waals surface area contributed by atoms with E-state index in [-0.39, 0.29) is 5.41 Å². The van der Waals surface area contributed by atoms with Crippen LogP contribution in [-0.4, -0.2) is 5.78 Å². The molecule has 0 radical (unpaired) electrons. The fourth-order valence-electron chi connectivity index (χ4n) is 3.61. The summed E-state index contributed by atoms with van der Waals surface area (Å²) in [5.74, 6) is 2.03. The van der Waals surface area contributed by atoms with E-state index in [4.69, 9.17) is 0 Å². The van der Waals surface area contributed by atoms with Crippen molar-refractivity contribution in [2.45, 2.75) is 71.6 Å². The summed E-state index contributed by atoms with van der Waals surface area (Å²) in [6.07, 6.45) is 10.9. The van der Waals surface area contributed by atoms with Gasteiger partial charge in [0.25, 0.3) is 0 Å². The lowest BCUT2D eigenvalue weighted by molar-refractivity contribution is -0.131. The van der Waals surface area contributed by atoms with Crippen LogP contribution >= 0.6 is 0 Å². The second kappa shape index (κ2) is 4.89. The largest absolute Gasteiger partial charge is 0.299 e. The molecule has 0 aromatic rings. The first kappa shape index (κ1) is 12.1. The Kier molecular flexibility index (Phi) is 3.71. The Labute approximate surface area is 100.0 Å². The SMILES string of the molecule is CC(C)CC1(C(=O)CC2CCC2)CCCC1. The molecule has 1 nitrogen and oxygen atoms in total. The van der Waals surface area contributed by atoms with Crippen molar-refractivity contribution in [2.24, 2.45) is 17.3 Å². The Hall–Kier alpha value is -0.330. The maximum Gasteiger partial charge on any atom is 0.139 e. The predicted octanol–water partition coefficient (Wildman–Crippen LogP) is 4.35. The van der Waals surface area contributed by atoms with Crippen molar-refractivity contribution in [3.8, 4) is 0 Å². The van der Waals surface area contributed by atoms with Crippen molar-refractivity contribution in [2.75, 3.05) is 0 Å². The highest BCUT2D eigenvalue weighted by Gasteiger charge is 2.41. The summed E-state index contributed by atoms with van der Waals surface area (Å²) in [4.78, 5) is 12.5. The van der Waals surface area contributed by atoms with E-state index in [1.165, 1.54) is 44.9 Å². The molecule has 2 fully saturated rings. The van der Waals surface area contributed by atoms with Gasteiger partial charge in [0, 0.05) is 11.8 Å². The number of carbonyl (C=O) groups excluding carboxylic acids is 1. The third kappa shape index (κ3) is 2.49. The summed E-state index contributed by atoms with van der Waals surface area (Å²) in [7, 11) is 0. The lowest BCUT2D eigenvalue weighted by atomic mass is 9.70. The van der Waals surface area contributed by atoms with Gasteiger partial charge in [0.05, 0.1) is 0 Å². The Balaban J connectivity index is 1.96. The van der Waals surface area contributed by atoms with Crippen molar-refractivity contribution in [1.82, 2.24) is 0 Å². The molecule has 92 valence electrons. The summed E-state index contributed by atoms with van der Waals surface area (Å²) < 4.78 is 0. The molecule has 0 saturated heterocycles. The van der Waals surface area contributed by atoms with Crippen LogP contribution in [0.5, 0.6) is 0 Å². The summed E-state index contributed by atoms with van der Waals surface area (Å²) >= 11 is 0. The van der Waals surface area contributed by atoms with Gasteiger partial charge in [0.2, 0.25) is 0 Å². The molecule has 2 aliphatic rings. The van der Waals surface area contributed by atoms with Crippen LogP contribution in [0, 0.1) is 17.3 Å². The minimum Gasteiger partial charge on any atom is -0.299 e. The molecule has 0 bridgehead atoms. The van der Waals surface area contributed by atoms with E-state index >= 15 is 0 Å². The molecule has 16 heavy (non-hydrogen) atoms. The van der Waals surface area contributed by atoms with Crippen LogP contribution < -0.4 is 0 Å². The molecular formula is C15H26O. The second-order valence-electron chi connectivity index (χ2n) is 6.51. The van der Waals surface area contributed by atoms with Crippen LogP contribution in [0.2, 0.25) is 0 Å². The molecule has 0 amide bonds. The highest BCUT2D eigenvalue weighted by atomic mass is 16.1. The van der Waals surface area contributed by atoms with Crippen LogP contribution in [-0.2, 0) is 4.79 Å². The van der Waals surface area contributed by atoms with Gasteiger partial charge < -0.3 is 0 Å². The van der Waals surface area contributed by atoms with Gasteiger partial charge in [0.15, 0.2) is 0 Å². The van der Waals surface area contributed by atoms with Gasteiger partial charge in [-0.25, -0.2) is 0 Å². The molecule has 0 unspecified atom stereocenters. The third-order valence-electron chi connectivity index (χ3n) is 4.65. The molecule has 0 aromatic carbocycles. The van der Waals surface area contributed by atoms with Crippen LogP contribution in [0.4, 0.5) is 0 Å². The molecule has 0 N–H and O–H groups in total. The van der Waals surface area contributed by atoms with E-state index in [0.29, 0.717) is 11.7 Å². The quantitative estimate of drug-likeness (QED) is 0.675. The van der Waals surface area contributed by atoms with Crippen molar-refractivity contribution < 1.29 is 4.79 Å². The number of Topliss-reactive ketones (excluding diaryl/α,β-unsaturated/α-hetero) is 1. The summed E-state index contributed by atoms with van der Waals surface area (Å²) in [5.41, 5.74) is 0.101. The van der Waals surface area contributed by atoms with Gasteiger partial charge in [-0.05, 0) is 31.1 Å². The summed E-state index contributed by atoms with van der Waals surface area (Å²) in [6.45, 7) is 4.52. The van der Waals surface area contributed by atoms with E-state index in [1.54, 1.807) is 0 Å². The van der Waals surface area contributed by atoms with Gasteiger partial charge >= 0.3 is 0 Å². The molecule has 2 saturated carbocycles. The number of hydrogen-bond donors (Lipinski definition) is 0. The highest BCUT2D eigenvalue weighted by molar-refractivity contribution is 5.85. The smallest absolute Gasteiger partial charge is 0.139 e. The van der Waals surface area contributed by atoms with Crippen LogP contribution in [0.25, 0.3) is 0 Å². The molecule has 0 heterocycles. The van der Waals surface area contributed by atoms with Gasteiger partial charge in [-0.3, -0.25) is 4.79 Å². The Morgan fingerprint density at radius 3 is 2.25 bits per heavy atom. The fourth-order valence-corrected chi connectivity index (χ4v) is 3.61. The lowest BCUT2D eigenvalue weighted by Gasteiger charge is -2.33. The molecule has 0 spiro atoms. The molecular weight excluding hydrogens is 196 g/mol. The zero-order valence-electron chi connectivity index (χ0n) is 10.9. The Morgan fingerprint density at radius 2 is 1.81 bits per heavy atom. The summed E-state index contributed by atoms with van der Waals surface area (Å²) in [5, 5.41) is 0. The van der Waals surface area contributed by atoms with Gasteiger partial charge in [0.1, 0.15) is 5.78 Å². The van der Waals surface area contributed by atoms with E-state index in [1.807, 2.05) is 0 Å². The first-order valence-corrected chi connectivity index (χ1v) is 7.16. The average molecular weight is 222 g/mol. The molecule has 1 heteroatoms. The monoisotopic (exact) mass is 222 g/mol. The maximum atomic E-state index is 12.5. The summed E-state index contributed by atoms with van der Waals surface area (Å²) in [6, 6.07) is 0. The van der Waals surface area contributed by atoms with Crippen LogP contribution in [0.15, 0.2) is 0 Å². The predicted molar refractivity (Wildman–Crippen MR) is 67.3 cm³/mol. The molecule has 0 atom stereocenters. The lowest BCUT2D eigenvalue weighted by Crippen LogP contribution is -2.32. The molecule has 0 aromatic heterocycles. The van der Waals surface area contributed by atoms with Gasteiger partial charge in [-0.15, -0.1) is 0 Å². The van der Waals surface area contributed by atoms with E-state index in [2.05, 4.69) is 13.8 Å². The minimum absolute atomic E-state index is 0.101. The molecule has 2 aliphatic carbocycles. The standard InChI is InChI=1S/C15H26O/c1-12(2)11-15(8-3-4-9-15)14(16)10-13-6-5-7-13/h12-13H,3-11H2,1-2H3. The van der Waals surface area contributed by atoms with E-state index in [9.17, 15) is 4.79 Å². The minimum atomic E-state index is 0.101. The van der Waals surface area contributed by atoms with Crippen molar-refractivity contribution in [3.05, 3.63) is 0 Å². The second-order valence-corrected chi connectivity index (χ2v) is 6.51. The van der Waals surface area contributed by atoms with Crippen molar-refractivity contribution in [3.63, 3.8) is 0 Å². The van der Waals surface area contributed by atoms with Crippen LogP contribution in [0.1, 0.15) is 71.6 Å². The van der Waals surface area contributed by atoms with Gasteiger partial charge in [-0.2, -0.15) is 0 Å². The Morgan fingerprint density at radius 1 is 1.19 bits per heavy atom. The van der Waals surface area contributed by atoms with Crippen molar-refractivity contribution in [1.29, 1.82) is 0 Å². The topological polar surface area (TPSA) is 17.1 Å². The third-order valence-corrected chi connectivity index (χ3v) is 4.65. The number of carbonyl (C=O) groups is 1. The number of rotatable bonds is 5. The average Bonchev–Trinajstić information content (AvgIpc) is 2.59. The first-order valence-electron chi connectivity index (χ1n) is 7.16. The van der Waals surface area contributed by atoms with E-state index < -0.39 is 0 Å². The first-order chi connectivity index (χ1) is 7.62. The maximum absolute atomic E-state index is 12.5. The normalized spacial score (nSPS) is 24.7. The van der Waals surface area contributed by atoms with Crippen LogP contribution in [0.3, 0.4) is 0 Å². The molecule has 0 aliphatic heterocycles. The van der Waals surface area contributed by atoms with E-state index in [0.717, 1.165) is 18.8 Å². The fraction of sp³-hybridized carbons (Fsp3) is 0.933. The highest BCUT2D eigenvalue weighted by Crippen LogP contribution is 2.46. The zero-order valence-corrected chi connectivity index (χ0v) is 10.9. The zero-order chi connectivity index (χ0) is 11.6. The number of hydrogen-bond acceptors (Lipinski definition) is 1. The van der Waals surface area contributed by atoms with Gasteiger partial charge in [-0.1, -0.05) is 46.0 Å². The Bertz CT molecular complexity index is 244. The molecule has 2 rings (SSSR count).